The molecule has 0 spiro atoms. The minimum Gasteiger partial charge on any atom is -0.486 e. The van der Waals surface area contributed by atoms with Crippen LogP contribution in [0.25, 0.3) is 0 Å². The second-order valence-electron chi connectivity index (χ2n) is 4.20. The van der Waals surface area contributed by atoms with Crippen molar-refractivity contribution in [1.29, 1.82) is 0 Å². The Morgan fingerprint density at radius 2 is 2.00 bits per heavy atom. The van der Waals surface area contributed by atoms with Crippen LogP contribution < -0.4 is 4.74 Å². The van der Waals surface area contributed by atoms with E-state index in [-0.39, 0.29) is 24.1 Å². The summed E-state index contributed by atoms with van der Waals surface area (Å²) in [5.74, 6) is -1.97. The molecule has 0 N–H and O–H groups in total. The van der Waals surface area contributed by atoms with E-state index in [2.05, 4.69) is 0 Å². The van der Waals surface area contributed by atoms with Crippen molar-refractivity contribution in [3.8, 4) is 5.75 Å². The molecule has 0 saturated heterocycles. The van der Waals surface area contributed by atoms with E-state index in [9.17, 15) is 22.4 Å². The molecule has 0 radical (unpaired) electrons. The monoisotopic (exact) mass is 278 g/mol. The molecule has 0 aromatic heterocycles. The number of carbonyl (C=O) groups is 1. The number of hydrogen-bond acceptors (Lipinski definition) is 2. The van der Waals surface area contributed by atoms with Crippen molar-refractivity contribution in [2.75, 3.05) is 6.61 Å². The molecule has 19 heavy (non-hydrogen) atoms. The molecule has 2 nitrogen and oxygen atoms in total. The number of halogens is 4. The van der Waals surface area contributed by atoms with E-state index < -0.39 is 17.6 Å². The number of carbonyl (C=O) groups excluding carboxylic acids is 1. The third-order valence-electron chi connectivity index (χ3n) is 2.79. The number of ether oxygens (including phenoxy) is 1. The van der Waals surface area contributed by atoms with E-state index in [4.69, 9.17) is 4.74 Å². The van der Waals surface area contributed by atoms with Crippen LogP contribution in [0.2, 0.25) is 0 Å². The molecule has 0 heterocycles. The summed E-state index contributed by atoms with van der Waals surface area (Å²) in [6, 6.07) is 2.29. The van der Waals surface area contributed by atoms with Crippen LogP contribution >= 0.6 is 0 Å². The highest BCUT2D eigenvalue weighted by Gasteiger charge is 2.34. The van der Waals surface area contributed by atoms with Crippen LogP contribution in [0.1, 0.15) is 25.8 Å². The van der Waals surface area contributed by atoms with Crippen LogP contribution in [0.15, 0.2) is 18.2 Å². The van der Waals surface area contributed by atoms with Gasteiger partial charge in [-0.05, 0) is 24.6 Å². The number of rotatable bonds is 5. The molecule has 1 atom stereocenters. The van der Waals surface area contributed by atoms with E-state index >= 15 is 0 Å². The van der Waals surface area contributed by atoms with E-state index in [1.54, 1.807) is 6.92 Å². The third kappa shape index (κ3) is 4.22. The molecule has 1 aromatic rings. The van der Waals surface area contributed by atoms with Crippen LogP contribution in [-0.4, -0.2) is 12.4 Å². The second-order valence-corrected chi connectivity index (χ2v) is 4.20. The van der Waals surface area contributed by atoms with Crippen LogP contribution in [0.5, 0.6) is 5.75 Å². The average molecular weight is 278 g/mol. The summed E-state index contributed by atoms with van der Waals surface area (Å²) in [5, 5.41) is 0. The Labute approximate surface area is 108 Å². The van der Waals surface area contributed by atoms with Gasteiger partial charge in [-0.1, -0.05) is 13.8 Å². The van der Waals surface area contributed by atoms with Gasteiger partial charge in [-0.15, -0.1) is 0 Å². The molecule has 0 fully saturated rings. The molecule has 0 aliphatic carbocycles. The minimum atomic E-state index is -4.79. The van der Waals surface area contributed by atoms with Gasteiger partial charge in [-0.25, -0.2) is 4.39 Å². The first-order chi connectivity index (χ1) is 8.75. The minimum absolute atomic E-state index is 0.176. The molecular formula is C13H14F4O2. The second kappa shape index (κ2) is 6.04. The number of hydrogen-bond donors (Lipinski definition) is 0. The van der Waals surface area contributed by atoms with Crippen LogP contribution in [0, 0.1) is 11.7 Å². The fraction of sp³-hybridized carbons (Fsp3) is 0.462. The number of Topliss-reactive ketones (excluding diaryl/α,β-unsaturated/α-hetero) is 1. The van der Waals surface area contributed by atoms with Gasteiger partial charge in [-0.2, -0.15) is 13.2 Å². The number of alkyl halides is 3. The molecule has 6 heteroatoms. The summed E-state index contributed by atoms with van der Waals surface area (Å²) in [5.41, 5.74) is -1.40. The molecule has 1 rings (SSSR count). The first-order valence-electron chi connectivity index (χ1n) is 5.78. The summed E-state index contributed by atoms with van der Waals surface area (Å²) < 4.78 is 55.3. The maximum atomic E-state index is 13.0. The molecule has 0 amide bonds. The Kier molecular flexibility index (Phi) is 4.91. The maximum absolute atomic E-state index is 13.0. The van der Waals surface area contributed by atoms with Crippen LogP contribution in [0.3, 0.4) is 0 Å². The van der Waals surface area contributed by atoms with Crippen molar-refractivity contribution in [2.45, 2.75) is 26.4 Å². The van der Waals surface area contributed by atoms with Crippen molar-refractivity contribution >= 4 is 5.78 Å². The van der Waals surface area contributed by atoms with Crippen molar-refractivity contribution in [1.82, 2.24) is 0 Å². The van der Waals surface area contributed by atoms with Crippen LogP contribution in [-0.2, 0) is 11.0 Å². The Hall–Kier alpha value is -1.59. The largest absolute Gasteiger partial charge is 0.486 e. The zero-order valence-electron chi connectivity index (χ0n) is 10.6. The molecule has 1 aromatic carbocycles. The van der Waals surface area contributed by atoms with E-state index in [0.29, 0.717) is 18.6 Å². The molecular weight excluding hydrogens is 264 g/mol. The van der Waals surface area contributed by atoms with E-state index in [0.717, 1.165) is 6.07 Å². The summed E-state index contributed by atoms with van der Waals surface area (Å²) >= 11 is 0. The quantitative estimate of drug-likeness (QED) is 0.765. The predicted octanol–water partition coefficient (Wildman–Crippen LogP) is 3.84. The lowest BCUT2D eigenvalue weighted by atomic mass is 10.0. The Balaban J connectivity index is 2.79. The lowest BCUT2D eigenvalue weighted by Crippen LogP contribution is -2.19. The normalized spacial score (nSPS) is 13.2. The Morgan fingerprint density at radius 1 is 1.37 bits per heavy atom. The van der Waals surface area contributed by atoms with Gasteiger partial charge in [0.2, 0.25) is 0 Å². The van der Waals surface area contributed by atoms with Crippen LogP contribution in [0.4, 0.5) is 17.6 Å². The van der Waals surface area contributed by atoms with E-state index in [1.165, 1.54) is 0 Å². The lowest BCUT2D eigenvalue weighted by Gasteiger charge is -2.12. The number of benzene rings is 1. The van der Waals surface area contributed by atoms with Gasteiger partial charge in [0, 0.05) is 5.92 Å². The topological polar surface area (TPSA) is 26.3 Å². The first-order valence-corrected chi connectivity index (χ1v) is 5.78. The summed E-state index contributed by atoms with van der Waals surface area (Å²) in [4.78, 5) is 11.5. The summed E-state index contributed by atoms with van der Waals surface area (Å²) in [6.45, 7) is 3.21. The van der Waals surface area contributed by atoms with Gasteiger partial charge in [0.25, 0.3) is 0 Å². The van der Waals surface area contributed by atoms with Gasteiger partial charge >= 0.3 is 6.18 Å². The summed E-state index contributed by atoms with van der Waals surface area (Å²) in [6.07, 6.45) is -4.16. The zero-order chi connectivity index (χ0) is 14.6. The third-order valence-corrected chi connectivity index (χ3v) is 2.79. The van der Waals surface area contributed by atoms with Gasteiger partial charge in [0.1, 0.15) is 18.2 Å². The smallest absolute Gasteiger partial charge is 0.419 e. The van der Waals surface area contributed by atoms with Crippen molar-refractivity contribution in [3.63, 3.8) is 0 Å². The fourth-order valence-corrected chi connectivity index (χ4v) is 1.34. The molecule has 0 aliphatic rings. The molecule has 1 unspecified atom stereocenters. The van der Waals surface area contributed by atoms with Gasteiger partial charge in [-0.3, -0.25) is 4.79 Å². The highest BCUT2D eigenvalue weighted by Crippen LogP contribution is 2.33. The zero-order valence-corrected chi connectivity index (χ0v) is 10.6. The van der Waals surface area contributed by atoms with Crippen molar-refractivity contribution < 1.29 is 27.1 Å². The first kappa shape index (κ1) is 15.5. The Morgan fingerprint density at radius 3 is 2.53 bits per heavy atom. The van der Waals surface area contributed by atoms with Gasteiger partial charge in [0.15, 0.2) is 5.78 Å². The van der Waals surface area contributed by atoms with Gasteiger partial charge < -0.3 is 4.74 Å². The molecule has 0 saturated carbocycles. The SMILES string of the molecule is CCC(C)C(=O)COc1ccc(F)c(C(F)(F)F)c1. The highest BCUT2D eigenvalue weighted by atomic mass is 19.4. The number of ketones is 1. The average Bonchev–Trinajstić information content (AvgIpc) is 2.35. The van der Waals surface area contributed by atoms with E-state index in [1.807, 2.05) is 6.92 Å². The molecule has 0 aliphatic heterocycles. The van der Waals surface area contributed by atoms with Gasteiger partial charge in [0.05, 0.1) is 5.56 Å². The standard InChI is InChI=1S/C13H14F4O2/c1-3-8(2)12(18)7-19-9-4-5-11(14)10(6-9)13(15,16)17/h4-6,8H,3,7H2,1-2H3. The maximum Gasteiger partial charge on any atom is 0.419 e. The lowest BCUT2D eigenvalue weighted by molar-refractivity contribution is -0.140. The van der Waals surface area contributed by atoms with Crippen molar-refractivity contribution in [2.24, 2.45) is 5.92 Å². The predicted molar refractivity (Wildman–Crippen MR) is 61.4 cm³/mol. The highest BCUT2D eigenvalue weighted by molar-refractivity contribution is 5.82. The fourth-order valence-electron chi connectivity index (χ4n) is 1.34. The molecule has 0 bridgehead atoms. The Bertz CT molecular complexity index is 454. The van der Waals surface area contributed by atoms with Crippen molar-refractivity contribution in [3.05, 3.63) is 29.6 Å². The summed E-state index contributed by atoms with van der Waals surface area (Å²) in [7, 11) is 0. The molecule has 106 valence electrons.